The zero-order valence-electron chi connectivity index (χ0n) is 14.1. The van der Waals surface area contributed by atoms with Gasteiger partial charge in [-0.2, -0.15) is 5.06 Å². The molecule has 130 valence electrons. The summed E-state index contributed by atoms with van der Waals surface area (Å²) in [6.45, 7) is 7.89. The Hall–Kier alpha value is -2.26. The normalized spacial score (nSPS) is 21.0. The zero-order valence-corrected chi connectivity index (χ0v) is 14.1. The molecule has 3 heterocycles. The van der Waals surface area contributed by atoms with Crippen molar-refractivity contribution in [2.45, 2.75) is 57.7 Å². The van der Waals surface area contributed by atoms with Crippen LogP contribution in [0, 0.1) is 10.1 Å². The van der Waals surface area contributed by atoms with E-state index >= 15 is 0 Å². The van der Waals surface area contributed by atoms with Gasteiger partial charge in [0, 0.05) is 17.1 Å². The highest BCUT2D eigenvalue weighted by Crippen LogP contribution is 2.39. The molecule has 0 amide bonds. The maximum atomic E-state index is 11.0. The van der Waals surface area contributed by atoms with Gasteiger partial charge in [0.05, 0.1) is 6.20 Å². The number of fused-ring (bicyclic) bond motifs is 1. The lowest BCUT2D eigenvalue weighted by molar-refractivity contribution is -0.387. The summed E-state index contributed by atoms with van der Waals surface area (Å²) in [7, 11) is 0. The third kappa shape index (κ3) is 2.69. The van der Waals surface area contributed by atoms with Crippen molar-refractivity contribution < 1.29 is 14.7 Å². The van der Waals surface area contributed by atoms with Gasteiger partial charge in [0.2, 0.25) is 5.58 Å². The molecule has 2 aromatic heterocycles. The van der Waals surface area contributed by atoms with Crippen LogP contribution in [0.4, 0.5) is 11.5 Å². The van der Waals surface area contributed by atoms with E-state index in [9.17, 15) is 15.3 Å². The predicted octanol–water partition coefficient (Wildman–Crippen LogP) is 2.95. The predicted molar refractivity (Wildman–Crippen MR) is 86.9 cm³/mol. The van der Waals surface area contributed by atoms with Gasteiger partial charge in [0.25, 0.3) is 0 Å². The second-order valence-electron chi connectivity index (χ2n) is 7.51. The Bertz CT molecular complexity index is 767. The molecule has 0 aliphatic carbocycles. The van der Waals surface area contributed by atoms with Crippen molar-refractivity contribution in [2.24, 2.45) is 0 Å². The molecule has 2 N–H and O–H groups in total. The SMILES string of the molecule is CC1(C)CC(Nc2cnc([N+](=O)[O-])c3cnoc23)CC(C)(C)N1O. The highest BCUT2D eigenvalue weighted by molar-refractivity contribution is 5.93. The quantitative estimate of drug-likeness (QED) is 0.649. The summed E-state index contributed by atoms with van der Waals surface area (Å²) < 4.78 is 5.19. The van der Waals surface area contributed by atoms with Crippen molar-refractivity contribution in [1.29, 1.82) is 0 Å². The van der Waals surface area contributed by atoms with Crippen LogP contribution in [0.2, 0.25) is 0 Å². The molecule has 3 rings (SSSR count). The van der Waals surface area contributed by atoms with Crippen LogP contribution in [0.5, 0.6) is 0 Å². The first-order valence-corrected chi connectivity index (χ1v) is 7.75. The Morgan fingerprint density at radius 3 is 2.54 bits per heavy atom. The number of rotatable bonds is 3. The lowest BCUT2D eigenvalue weighted by Gasteiger charge is -2.51. The monoisotopic (exact) mass is 335 g/mol. The fourth-order valence-corrected chi connectivity index (χ4v) is 3.69. The summed E-state index contributed by atoms with van der Waals surface area (Å²) >= 11 is 0. The summed E-state index contributed by atoms with van der Waals surface area (Å²) in [5.41, 5.74) is 0.0669. The number of nitro groups is 1. The Balaban J connectivity index is 1.92. The van der Waals surface area contributed by atoms with Gasteiger partial charge < -0.3 is 25.2 Å². The average molecular weight is 335 g/mol. The van der Waals surface area contributed by atoms with E-state index in [4.69, 9.17) is 4.52 Å². The third-order valence-corrected chi connectivity index (χ3v) is 4.54. The second-order valence-corrected chi connectivity index (χ2v) is 7.51. The first-order valence-electron chi connectivity index (χ1n) is 7.75. The number of nitrogens with one attached hydrogen (secondary N) is 1. The number of hydroxylamine groups is 2. The van der Waals surface area contributed by atoms with Crippen LogP contribution in [0.15, 0.2) is 16.9 Å². The summed E-state index contributed by atoms with van der Waals surface area (Å²) in [6, 6.07) is 0.0509. The van der Waals surface area contributed by atoms with Crippen molar-refractivity contribution in [1.82, 2.24) is 15.2 Å². The number of aromatic nitrogens is 2. The Kier molecular flexibility index (Phi) is 3.72. The number of pyridine rings is 1. The minimum absolute atomic E-state index is 0.0509. The standard InChI is InChI=1S/C15H21N5O4/c1-14(2)5-9(6-15(3,4)20(14)23)18-11-8-16-13(19(21)22)10-7-17-24-12(10)11/h7-9,18,23H,5-6H2,1-4H3. The fraction of sp³-hybridized carbons (Fsp3) is 0.600. The molecule has 9 nitrogen and oxygen atoms in total. The van der Waals surface area contributed by atoms with Gasteiger partial charge in [0.1, 0.15) is 11.1 Å². The Morgan fingerprint density at radius 1 is 1.33 bits per heavy atom. The van der Waals surface area contributed by atoms with Gasteiger partial charge in [-0.05, 0) is 50.4 Å². The molecule has 1 aliphatic rings. The first kappa shape index (κ1) is 16.6. The molecule has 0 spiro atoms. The van der Waals surface area contributed by atoms with Gasteiger partial charge >= 0.3 is 5.82 Å². The molecule has 0 atom stereocenters. The molecule has 0 unspecified atom stereocenters. The van der Waals surface area contributed by atoms with Crippen LogP contribution in [-0.4, -0.2) is 42.5 Å². The highest BCUT2D eigenvalue weighted by atomic mass is 16.6. The van der Waals surface area contributed by atoms with Crippen molar-refractivity contribution >= 4 is 22.5 Å². The highest BCUT2D eigenvalue weighted by Gasteiger charge is 2.45. The number of hydrogen-bond acceptors (Lipinski definition) is 8. The van der Waals surface area contributed by atoms with Gasteiger partial charge in [-0.1, -0.05) is 5.16 Å². The van der Waals surface area contributed by atoms with E-state index < -0.39 is 16.0 Å². The lowest BCUT2D eigenvalue weighted by Crippen LogP contribution is -2.61. The first-order chi connectivity index (χ1) is 11.1. The Morgan fingerprint density at radius 2 is 1.96 bits per heavy atom. The van der Waals surface area contributed by atoms with Crippen LogP contribution >= 0.6 is 0 Å². The third-order valence-electron chi connectivity index (χ3n) is 4.54. The van der Waals surface area contributed by atoms with Gasteiger partial charge in [-0.3, -0.25) is 0 Å². The minimum Gasteiger partial charge on any atom is -0.376 e. The maximum absolute atomic E-state index is 11.0. The summed E-state index contributed by atoms with van der Waals surface area (Å²) in [4.78, 5) is 14.4. The van der Waals surface area contributed by atoms with E-state index in [0.717, 1.165) is 0 Å². The van der Waals surface area contributed by atoms with Crippen molar-refractivity contribution in [3.63, 3.8) is 0 Å². The molecule has 24 heavy (non-hydrogen) atoms. The largest absolute Gasteiger partial charge is 0.376 e. The van der Waals surface area contributed by atoms with E-state index in [2.05, 4.69) is 15.5 Å². The van der Waals surface area contributed by atoms with Gasteiger partial charge in [-0.25, -0.2) is 0 Å². The topological polar surface area (TPSA) is 118 Å². The fourth-order valence-electron chi connectivity index (χ4n) is 3.69. The molecule has 0 saturated carbocycles. The number of anilines is 1. The molecular formula is C15H21N5O4. The van der Waals surface area contributed by atoms with E-state index in [1.807, 2.05) is 27.7 Å². The smallest absolute Gasteiger partial charge is 0.376 e. The number of hydrogen-bond donors (Lipinski definition) is 2. The van der Waals surface area contributed by atoms with Gasteiger partial charge in [-0.15, -0.1) is 0 Å². The molecular weight excluding hydrogens is 314 g/mol. The molecule has 9 heteroatoms. The zero-order chi connectivity index (χ0) is 17.7. The molecule has 2 aromatic rings. The van der Waals surface area contributed by atoms with Crippen LogP contribution in [0.25, 0.3) is 11.0 Å². The van der Waals surface area contributed by atoms with Crippen molar-refractivity contribution in [3.8, 4) is 0 Å². The number of piperidine rings is 1. The van der Waals surface area contributed by atoms with Crippen molar-refractivity contribution in [3.05, 3.63) is 22.5 Å². The number of nitrogens with zero attached hydrogens (tertiary/aromatic N) is 4. The Labute approximate surface area is 138 Å². The minimum atomic E-state index is -0.556. The van der Waals surface area contributed by atoms with Crippen molar-refractivity contribution in [2.75, 3.05) is 5.32 Å². The van der Waals surface area contributed by atoms with Gasteiger partial charge in [0.15, 0.2) is 6.20 Å². The molecule has 0 bridgehead atoms. The van der Waals surface area contributed by atoms with E-state index in [0.29, 0.717) is 24.1 Å². The van der Waals surface area contributed by atoms with Crippen LogP contribution in [0.3, 0.4) is 0 Å². The van der Waals surface area contributed by atoms with Crippen LogP contribution in [-0.2, 0) is 0 Å². The van der Waals surface area contributed by atoms with E-state index in [1.165, 1.54) is 17.5 Å². The summed E-state index contributed by atoms with van der Waals surface area (Å²) in [6.07, 6.45) is 4.09. The van der Waals surface area contributed by atoms with E-state index in [1.54, 1.807) is 0 Å². The van der Waals surface area contributed by atoms with Crippen LogP contribution in [0.1, 0.15) is 40.5 Å². The summed E-state index contributed by atoms with van der Waals surface area (Å²) in [5.74, 6) is -0.275. The van der Waals surface area contributed by atoms with Crippen LogP contribution < -0.4 is 5.32 Å². The maximum Gasteiger partial charge on any atom is 0.376 e. The lowest BCUT2D eigenvalue weighted by atomic mass is 9.79. The molecule has 1 saturated heterocycles. The average Bonchev–Trinajstić information content (AvgIpc) is 2.93. The molecule has 0 radical (unpaired) electrons. The molecule has 1 fully saturated rings. The summed E-state index contributed by atoms with van der Waals surface area (Å²) in [5, 5.41) is 30.1. The molecule has 1 aliphatic heterocycles. The second kappa shape index (κ2) is 5.38. The van der Waals surface area contributed by atoms with E-state index in [-0.39, 0.29) is 17.2 Å². The molecule has 0 aromatic carbocycles.